The summed E-state index contributed by atoms with van der Waals surface area (Å²) in [6.07, 6.45) is -3.94. The second-order valence-electron chi connectivity index (χ2n) is 12.6. The van der Waals surface area contributed by atoms with Gasteiger partial charge in [0, 0.05) is 41.0 Å². The fraction of sp³-hybridized carbons (Fsp3) is 0.442. The maximum absolute atomic E-state index is 10.5. The van der Waals surface area contributed by atoms with E-state index in [9.17, 15) is 5.11 Å². The highest BCUT2D eigenvalue weighted by Crippen LogP contribution is 2.35. The van der Waals surface area contributed by atoms with Crippen LogP contribution in [0.2, 0.25) is 10.0 Å². The molecule has 0 aliphatic carbocycles. The lowest BCUT2D eigenvalue weighted by Gasteiger charge is -2.32. The number of nitrogens with zero attached hydrogens (tertiary/aromatic N) is 2. The van der Waals surface area contributed by atoms with Crippen LogP contribution in [-0.2, 0) is 15.9 Å². The van der Waals surface area contributed by atoms with Gasteiger partial charge in [0.1, 0.15) is 11.2 Å². The Morgan fingerprint density at radius 2 is 1.16 bits per heavy atom. The lowest BCUT2D eigenvalue weighted by Crippen LogP contribution is -2.31. The molecule has 0 spiro atoms. The van der Waals surface area contributed by atoms with Gasteiger partial charge in [0.25, 0.3) is 0 Å². The topological polar surface area (TPSA) is 35.9 Å². The van der Waals surface area contributed by atoms with Crippen molar-refractivity contribution in [2.75, 3.05) is 33.7 Å². The maximum Gasteiger partial charge on any atom is 0.115 e. The molecule has 0 amide bonds. The minimum Gasteiger partial charge on any atom is -0.381 e. The highest BCUT2D eigenvalue weighted by molar-refractivity contribution is 6.30. The summed E-state index contributed by atoms with van der Waals surface area (Å²) in [4.78, 5) is 2.98. The summed E-state index contributed by atoms with van der Waals surface area (Å²) >= 11 is 11.9. The zero-order chi connectivity index (χ0) is 45.0. The summed E-state index contributed by atoms with van der Waals surface area (Å²) < 4.78 is 92.9. The molecule has 2 unspecified atom stereocenters. The highest BCUT2D eigenvalue weighted by Gasteiger charge is 2.31. The van der Waals surface area contributed by atoms with Gasteiger partial charge in [-0.3, -0.25) is 0 Å². The maximum atomic E-state index is 10.5. The van der Waals surface area contributed by atoms with Gasteiger partial charge in [0.05, 0.1) is 2.74 Å². The summed E-state index contributed by atoms with van der Waals surface area (Å²) in [5.74, 6) is 0. The molecule has 1 N–H and O–H groups in total. The smallest absolute Gasteiger partial charge is 0.115 e. The van der Waals surface area contributed by atoms with E-state index in [-0.39, 0.29) is 12.4 Å². The number of rotatable bonds is 10. The summed E-state index contributed by atoms with van der Waals surface area (Å²) in [7, 11) is 1.83. The molecule has 7 heteroatoms. The summed E-state index contributed by atoms with van der Waals surface area (Å²) in [5, 5.41) is 11.8. The molecule has 4 aromatic carbocycles. The third-order valence-electron chi connectivity index (χ3n) is 9.03. The molecule has 272 valence electrons. The quantitative estimate of drug-likeness (QED) is 0.175. The minimum atomic E-state index is -2.51. The minimum absolute atomic E-state index is 0. The Bertz CT molecular complexity index is 1950. The Balaban J connectivity index is 0.000000259. The molecule has 4 aromatic rings. The normalized spacial score (nSPS) is 24.6. The lowest BCUT2D eigenvalue weighted by atomic mass is 9.88. The van der Waals surface area contributed by atoms with E-state index < -0.39 is 55.9 Å². The van der Waals surface area contributed by atoms with Crippen molar-refractivity contribution >= 4 is 35.6 Å². The van der Waals surface area contributed by atoms with Gasteiger partial charge in [0.15, 0.2) is 0 Å². The number of likely N-dealkylation sites (tertiary alicyclic amines) is 2. The Hall–Kier alpha value is -2.41. The third-order valence-corrected chi connectivity index (χ3v) is 9.53. The van der Waals surface area contributed by atoms with Crippen LogP contribution < -0.4 is 0 Å². The number of ether oxygens (including phenoxy) is 1. The van der Waals surface area contributed by atoms with Gasteiger partial charge < -0.3 is 19.6 Å². The van der Waals surface area contributed by atoms with Gasteiger partial charge in [-0.15, -0.1) is 12.4 Å². The SMILES string of the molecule is CC(O)(c1ccccc1)c1ccc(Cl)cc1.Cl.[2H]C([2H])(OC(C)(c1ccccc1)c1ccc(Cl)cc1)C([2H])([2H])[C@H]1CCCN1C.[2H]C([2H])([2H])N1CCC[C@@H]1C([2H])([2H])C([2H])([2H])C. The lowest BCUT2D eigenvalue weighted by molar-refractivity contribution is -0.0117. The summed E-state index contributed by atoms with van der Waals surface area (Å²) in [6, 6.07) is 31.8. The van der Waals surface area contributed by atoms with Gasteiger partial charge in [-0.1, -0.05) is 121 Å². The van der Waals surface area contributed by atoms with Crippen molar-refractivity contribution in [2.45, 2.75) is 88.9 Å². The molecule has 2 fully saturated rings. The summed E-state index contributed by atoms with van der Waals surface area (Å²) in [5.41, 5.74) is 1.01. The molecule has 4 nitrogen and oxygen atoms in total. The molecule has 2 aliphatic rings. The number of hydrogen-bond donors (Lipinski definition) is 1. The van der Waals surface area contributed by atoms with Gasteiger partial charge >= 0.3 is 0 Å². The van der Waals surface area contributed by atoms with E-state index in [0.29, 0.717) is 41.4 Å². The van der Waals surface area contributed by atoms with Crippen LogP contribution in [0.15, 0.2) is 109 Å². The second kappa shape index (κ2) is 20.6. The zero-order valence-electron chi connectivity index (χ0n) is 40.2. The van der Waals surface area contributed by atoms with Crippen molar-refractivity contribution < 1.29 is 24.9 Å². The molecule has 0 radical (unpaired) electrons. The molecule has 2 aliphatic heterocycles. The molecule has 4 atom stereocenters. The molecule has 50 heavy (non-hydrogen) atoms. The molecule has 0 saturated carbocycles. The van der Waals surface area contributed by atoms with Crippen LogP contribution in [0.3, 0.4) is 0 Å². The number of benzene rings is 4. The van der Waals surface area contributed by atoms with Crippen molar-refractivity contribution in [3.05, 3.63) is 141 Å². The first-order chi connectivity index (χ1) is 27.7. The molecule has 2 heterocycles. The first-order valence-corrected chi connectivity index (χ1v) is 17.4. The molecular weight excluding hydrogens is 683 g/mol. The van der Waals surface area contributed by atoms with Crippen LogP contribution in [-0.4, -0.2) is 60.7 Å². The van der Waals surface area contributed by atoms with Crippen molar-refractivity contribution in [2.24, 2.45) is 0 Å². The van der Waals surface area contributed by atoms with Crippen molar-refractivity contribution in [3.63, 3.8) is 0 Å². The van der Waals surface area contributed by atoms with Crippen LogP contribution in [0.25, 0.3) is 0 Å². The molecule has 6 rings (SSSR count). The third kappa shape index (κ3) is 11.8. The first-order valence-electron chi connectivity index (χ1n) is 22.2. The van der Waals surface area contributed by atoms with Gasteiger partial charge in [-0.05, 0) is 126 Å². The fourth-order valence-corrected chi connectivity index (χ4v) is 6.14. The first kappa shape index (κ1) is 28.1. The van der Waals surface area contributed by atoms with Gasteiger partial charge in [0.2, 0.25) is 0 Å². The van der Waals surface area contributed by atoms with E-state index in [4.69, 9.17) is 43.0 Å². The van der Waals surface area contributed by atoms with Crippen molar-refractivity contribution in [1.29, 1.82) is 0 Å². The average Bonchev–Trinajstić information content (AvgIpc) is 3.87. The zero-order valence-corrected chi connectivity index (χ0v) is 31.5. The van der Waals surface area contributed by atoms with E-state index in [1.807, 2.05) is 84.7 Å². The van der Waals surface area contributed by atoms with Gasteiger partial charge in [-0.2, -0.15) is 0 Å². The Labute approximate surface area is 333 Å². The van der Waals surface area contributed by atoms with Crippen molar-refractivity contribution in [3.8, 4) is 0 Å². The van der Waals surface area contributed by atoms with E-state index in [2.05, 4.69) is 0 Å². The highest BCUT2D eigenvalue weighted by atomic mass is 35.5. The predicted octanol–water partition coefficient (Wildman–Crippen LogP) is 11.0. The molecule has 0 aromatic heterocycles. The Kier molecular flexibility index (Phi) is 11.6. The van der Waals surface area contributed by atoms with Crippen molar-refractivity contribution in [1.82, 2.24) is 9.80 Å². The number of aliphatic hydroxyl groups is 1. The average molecular weight is 751 g/mol. The van der Waals surface area contributed by atoms with Gasteiger partial charge in [-0.25, -0.2) is 0 Å². The van der Waals surface area contributed by atoms with E-state index in [1.54, 1.807) is 50.2 Å². The standard InChI is InChI=1S/C21H26ClNO.C14H13ClO.C8H17N.ClH/c1-21(17-7-4-3-5-8-17,18-10-12-19(22)13-11-18)24-16-14-20-9-6-15-23(20)2;1-14(16,11-5-3-2-4-6-11)12-7-9-13(15)10-8-12;1-3-5-8-6-4-7-9(8)2;/h3-5,7-8,10-13,20H,6,9,14-16H2,1-2H3;2-10,16H,1H3;8H,3-7H2,1-2H3;1H/t20-,21?;;8-;/m1.0./s1/i14D2,16D2;;2D3,3D2,5D2;. The number of hydrogen-bond acceptors (Lipinski definition) is 4. The number of halogens is 3. The molecule has 0 bridgehead atoms. The second-order valence-corrected chi connectivity index (χ2v) is 13.5. The van der Waals surface area contributed by atoms with E-state index in [1.165, 1.54) is 0 Å². The molecule has 2 saturated heterocycles. The van der Waals surface area contributed by atoms with E-state index in [0.717, 1.165) is 41.5 Å². The van der Waals surface area contributed by atoms with Crippen LogP contribution in [0.1, 0.15) is 103 Å². The monoisotopic (exact) mass is 749 g/mol. The molecular formula is C43H57Cl3N2O2. The Morgan fingerprint density at radius 3 is 1.66 bits per heavy atom. The van der Waals surface area contributed by atoms with E-state index >= 15 is 0 Å². The van der Waals surface area contributed by atoms with Crippen LogP contribution in [0.4, 0.5) is 0 Å². The Morgan fingerprint density at radius 1 is 0.720 bits per heavy atom. The van der Waals surface area contributed by atoms with Crippen LogP contribution >= 0.6 is 35.6 Å². The largest absolute Gasteiger partial charge is 0.381 e. The summed E-state index contributed by atoms with van der Waals surface area (Å²) in [6.45, 7) is 0.914. The van der Waals surface area contributed by atoms with Crippen LogP contribution in [0.5, 0.6) is 0 Å². The predicted molar refractivity (Wildman–Crippen MR) is 215 cm³/mol. The van der Waals surface area contributed by atoms with Crippen LogP contribution in [0, 0.1) is 0 Å². The fourth-order valence-electron chi connectivity index (χ4n) is 5.89.